The van der Waals surface area contributed by atoms with Gasteiger partial charge in [0.25, 0.3) is 0 Å². The van der Waals surface area contributed by atoms with Crippen molar-refractivity contribution in [2.24, 2.45) is 0 Å². The van der Waals surface area contributed by atoms with Gasteiger partial charge in [-0.05, 0) is 37.0 Å². The average molecular weight is 320 g/mol. The molecule has 0 spiro atoms. The van der Waals surface area contributed by atoms with Crippen molar-refractivity contribution in [2.75, 3.05) is 6.26 Å². The summed E-state index contributed by atoms with van der Waals surface area (Å²) in [6.45, 7) is 1.90. The van der Waals surface area contributed by atoms with Crippen molar-refractivity contribution in [3.05, 3.63) is 70.8 Å². The van der Waals surface area contributed by atoms with E-state index < -0.39 is 10.1 Å². The minimum atomic E-state index is -3.80. The zero-order valence-electron chi connectivity index (χ0n) is 11.8. The van der Waals surface area contributed by atoms with E-state index in [2.05, 4.69) is 0 Å². The van der Waals surface area contributed by atoms with Crippen LogP contribution in [0.3, 0.4) is 0 Å². The van der Waals surface area contributed by atoms with Gasteiger partial charge in [0.1, 0.15) is 4.90 Å². The fraction of sp³-hybridized carbons (Fsp3) is 0.125. The highest BCUT2D eigenvalue weighted by Crippen LogP contribution is 2.24. The smallest absolute Gasteiger partial charge is 0.339 e. The summed E-state index contributed by atoms with van der Waals surface area (Å²) in [5.41, 5.74) is 1.89. The van der Waals surface area contributed by atoms with Crippen LogP contribution in [0.1, 0.15) is 11.1 Å². The molecule has 0 aliphatic rings. The Bertz CT molecular complexity index is 718. The molecule has 0 aliphatic carbocycles. The van der Waals surface area contributed by atoms with Crippen molar-refractivity contribution in [1.29, 1.82) is 0 Å². The molecule has 0 N–H and O–H groups in total. The van der Waals surface area contributed by atoms with E-state index >= 15 is 0 Å². The summed E-state index contributed by atoms with van der Waals surface area (Å²) in [5, 5.41) is 0.335. The van der Waals surface area contributed by atoms with Crippen LogP contribution in [0.15, 0.2) is 64.6 Å². The first-order chi connectivity index (χ1) is 10.0. The summed E-state index contributed by atoms with van der Waals surface area (Å²) in [6, 6.07) is 16.0. The van der Waals surface area contributed by atoms with E-state index in [-0.39, 0.29) is 4.90 Å². The second-order valence-electron chi connectivity index (χ2n) is 4.43. The van der Waals surface area contributed by atoms with Crippen molar-refractivity contribution in [2.45, 2.75) is 11.8 Å². The lowest BCUT2D eigenvalue weighted by Crippen LogP contribution is -2.05. The summed E-state index contributed by atoms with van der Waals surface area (Å²) >= 11 is 1.25. The van der Waals surface area contributed by atoms with Gasteiger partial charge in [0, 0.05) is 0 Å². The first kappa shape index (κ1) is 15.7. The molecule has 0 fully saturated rings. The maximum Gasteiger partial charge on any atom is 0.339 e. The fourth-order valence-corrected chi connectivity index (χ4v) is 3.29. The Labute approximate surface area is 129 Å². The van der Waals surface area contributed by atoms with Gasteiger partial charge in [0.2, 0.25) is 0 Å². The molecule has 0 saturated carbocycles. The van der Waals surface area contributed by atoms with Crippen LogP contribution in [-0.4, -0.2) is 14.7 Å². The molecule has 0 amide bonds. The van der Waals surface area contributed by atoms with Gasteiger partial charge in [-0.1, -0.05) is 59.8 Å². The number of aryl methyl sites for hydroxylation is 1. The van der Waals surface area contributed by atoms with Crippen LogP contribution in [0.2, 0.25) is 0 Å². The molecule has 0 saturated heterocycles. The van der Waals surface area contributed by atoms with Crippen LogP contribution in [0.25, 0.3) is 6.08 Å². The topological polar surface area (TPSA) is 43.4 Å². The van der Waals surface area contributed by atoms with Crippen molar-refractivity contribution in [3.8, 4) is 0 Å². The van der Waals surface area contributed by atoms with Crippen LogP contribution < -0.4 is 0 Å². The lowest BCUT2D eigenvalue weighted by molar-refractivity contribution is 0.436. The molecule has 5 heteroatoms. The summed E-state index contributed by atoms with van der Waals surface area (Å²) in [7, 11) is -3.80. The maximum absolute atomic E-state index is 12.2. The number of hydrogen-bond donors (Lipinski definition) is 0. The van der Waals surface area contributed by atoms with Crippen molar-refractivity contribution < 1.29 is 12.6 Å². The number of benzene rings is 2. The van der Waals surface area contributed by atoms with Crippen molar-refractivity contribution >= 4 is 28.0 Å². The monoisotopic (exact) mass is 320 g/mol. The minimum absolute atomic E-state index is 0.154. The number of rotatable bonds is 5. The van der Waals surface area contributed by atoms with Gasteiger partial charge in [0.15, 0.2) is 5.09 Å². The fourth-order valence-electron chi connectivity index (χ4n) is 1.66. The Morgan fingerprint density at radius 3 is 2.24 bits per heavy atom. The molecule has 0 aliphatic heterocycles. The van der Waals surface area contributed by atoms with E-state index in [1.165, 1.54) is 11.8 Å². The Morgan fingerprint density at radius 2 is 1.67 bits per heavy atom. The molecule has 110 valence electrons. The van der Waals surface area contributed by atoms with Gasteiger partial charge in [-0.2, -0.15) is 8.42 Å². The highest BCUT2D eigenvalue weighted by molar-refractivity contribution is 8.03. The lowest BCUT2D eigenvalue weighted by atomic mass is 10.2. The van der Waals surface area contributed by atoms with Crippen LogP contribution in [0.5, 0.6) is 0 Å². The van der Waals surface area contributed by atoms with Gasteiger partial charge in [-0.3, -0.25) is 0 Å². The predicted octanol–water partition coefficient (Wildman–Crippen LogP) is 4.06. The second-order valence-corrected chi connectivity index (χ2v) is 6.79. The molecular formula is C16H16O3S2. The van der Waals surface area contributed by atoms with Crippen molar-refractivity contribution in [1.82, 2.24) is 0 Å². The normalized spacial score (nSPS) is 12.2. The third-order valence-electron chi connectivity index (χ3n) is 2.79. The Morgan fingerprint density at radius 1 is 1.05 bits per heavy atom. The largest absolute Gasteiger partial charge is 0.372 e. The number of thioether (sulfide) groups is 1. The summed E-state index contributed by atoms with van der Waals surface area (Å²) < 4.78 is 29.7. The van der Waals surface area contributed by atoms with E-state index in [1.54, 1.807) is 36.6 Å². The minimum Gasteiger partial charge on any atom is -0.372 e. The molecule has 2 aromatic carbocycles. The molecule has 0 unspecified atom stereocenters. The zero-order valence-corrected chi connectivity index (χ0v) is 13.4. The van der Waals surface area contributed by atoms with Crippen LogP contribution in [-0.2, 0) is 14.3 Å². The summed E-state index contributed by atoms with van der Waals surface area (Å²) in [5.74, 6) is 0. The summed E-state index contributed by atoms with van der Waals surface area (Å²) in [4.78, 5) is 0.154. The molecule has 0 radical (unpaired) electrons. The molecule has 0 atom stereocenters. The third-order valence-corrected chi connectivity index (χ3v) is 4.74. The third kappa shape index (κ3) is 4.37. The Kier molecular flexibility index (Phi) is 5.09. The molecule has 2 rings (SSSR count). The quantitative estimate of drug-likeness (QED) is 0.615. The average Bonchev–Trinajstić information content (AvgIpc) is 2.48. The Balaban J connectivity index is 2.25. The molecule has 0 heterocycles. The number of hydrogen-bond acceptors (Lipinski definition) is 4. The second kappa shape index (κ2) is 6.83. The van der Waals surface area contributed by atoms with Gasteiger partial charge in [-0.25, -0.2) is 0 Å². The first-order valence-electron chi connectivity index (χ1n) is 6.33. The highest BCUT2D eigenvalue weighted by Gasteiger charge is 2.17. The van der Waals surface area contributed by atoms with Gasteiger partial charge < -0.3 is 4.18 Å². The molecule has 2 aromatic rings. The van der Waals surface area contributed by atoms with Crippen molar-refractivity contribution in [3.63, 3.8) is 0 Å². The van der Waals surface area contributed by atoms with Crippen LogP contribution in [0, 0.1) is 6.92 Å². The maximum atomic E-state index is 12.2. The van der Waals surface area contributed by atoms with E-state index in [9.17, 15) is 8.42 Å². The van der Waals surface area contributed by atoms with Crippen LogP contribution in [0.4, 0.5) is 0 Å². The van der Waals surface area contributed by atoms with Gasteiger partial charge in [0.05, 0.1) is 0 Å². The molecule has 21 heavy (non-hydrogen) atoms. The SMILES string of the molecule is CS/C(=C/c1ccccc1)OS(=O)(=O)c1ccc(C)cc1. The predicted molar refractivity (Wildman–Crippen MR) is 87.4 cm³/mol. The van der Waals surface area contributed by atoms with E-state index in [1.807, 2.05) is 37.3 Å². The van der Waals surface area contributed by atoms with E-state index in [4.69, 9.17) is 4.18 Å². The summed E-state index contributed by atoms with van der Waals surface area (Å²) in [6.07, 6.45) is 3.48. The molecular weight excluding hydrogens is 304 g/mol. The highest BCUT2D eigenvalue weighted by atomic mass is 32.2. The molecule has 0 bridgehead atoms. The van der Waals surface area contributed by atoms with Crippen LogP contribution >= 0.6 is 11.8 Å². The van der Waals surface area contributed by atoms with Gasteiger partial charge >= 0.3 is 10.1 Å². The van der Waals surface area contributed by atoms with Gasteiger partial charge in [-0.15, -0.1) is 0 Å². The zero-order chi connectivity index (χ0) is 15.3. The molecule has 0 aromatic heterocycles. The lowest BCUT2D eigenvalue weighted by Gasteiger charge is -2.09. The standard InChI is InChI=1S/C16H16O3S2/c1-13-8-10-15(11-9-13)21(17,18)19-16(20-2)12-14-6-4-3-5-7-14/h3-12H,1-2H3/b16-12+. The molecule has 3 nitrogen and oxygen atoms in total. The Hall–Kier alpha value is -1.72. The van der Waals surface area contributed by atoms with E-state index in [0.29, 0.717) is 5.09 Å². The van der Waals surface area contributed by atoms with E-state index in [0.717, 1.165) is 11.1 Å². The first-order valence-corrected chi connectivity index (χ1v) is 8.96.